The summed E-state index contributed by atoms with van der Waals surface area (Å²) >= 11 is 0. The fraction of sp³-hybridized carbons (Fsp3) is 0.647. The quantitative estimate of drug-likeness (QED) is 0.266. The monoisotopic (exact) mass is 311 g/mol. The van der Waals surface area contributed by atoms with E-state index >= 15 is 0 Å². The number of nitrogens with one attached hydrogen (secondary N) is 1. The van der Waals surface area contributed by atoms with Gasteiger partial charge in [-0.1, -0.05) is 50.8 Å². The van der Waals surface area contributed by atoms with Crippen LogP contribution in [0, 0.1) is 0 Å². The van der Waals surface area contributed by atoms with Crippen molar-refractivity contribution < 1.29 is 19.4 Å². The van der Waals surface area contributed by atoms with Crippen LogP contribution in [0.1, 0.15) is 52.4 Å². The third-order valence-electron chi connectivity index (χ3n) is 3.29. The molecule has 0 saturated carbocycles. The van der Waals surface area contributed by atoms with Gasteiger partial charge in [0.2, 0.25) is 5.91 Å². The fourth-order valence-electron chi connectivity index (χ4n) is 1.84. The van der Waals surface area contributed by atoms with Crippen LogP contribution in [0.4, 0.5) is 0 Å². The molecule has 2 N–H and O–H groups in total. The maximum Gasteiger partial charge on any atom is 0.330 e. The number of aliphatic hydroxyl groups excluding tert-OH is 1. The Morgan fingerprint density at radius 1 is 1.23 bits per heavy atom. The molecular formula is C17H29NO4. The van der Waals surface area contributed by atoms with Gasteiger partial charge in [-0.15, -0.1) is 0 Å². The Hall–Kier alpha value is -1.62. The molecule has 1 unspecified atom stereocenters. The molecule has 0 aliphatic rings. The van der Waals surface area contributed by atoms with Crippen LogP contribution in [0.5, 0.6) is 0 Å². The summed E-state index contributed by atoms with van der Waals surface area (Å²) in [4.78, 5) is 23.1. The Bertz CT molecular complexity index is 388. The largest absolute Gasteiger partial charge is 0.467 e. The summed E-state index contributed by atoms with van der Waals surface area (Å²) in [6.07, 6.45) is 12.8. The van der Waals surface area contributed by atoms with Crippen LogP contribution in [0.2, 0.25) is 0 Å². The number of ether oxygens (including phenoxy) is 1. The molecule has 1 amide bonds. The standard InChI is InChI=1S/C17H29NO4/c1-4-5-6-7-8-9-10-11-12-14(2)16(20)18-15(13-19)17(21)22-3/h10-12,15,19H,4-9,13H2,1-3H3,(H,18,20)/b11-10-,14-12+. The van der Waals surface area contributed by atoms with Crippen molar-refractivity contribution in [2.75, 3.05) is 13.7 Å². The number of hydrogen-bond donors (Lipinski definition) is 2. The molecule has 0 saturated heterocycles. The second-order valence-electron chi connectivity index (χ2n) is 5.21. The summed E-state index contributed by atoms with van der Waals surface area (Å²) in [6, 6.07) is -1.02. The van der Waals surface area contributed by atoms with Crippen molar-refractivity contribution in [1.82, 2.24) is 5.32 Å². The van der Waals surface area contributed by atoms with Crippen molar-refractivity contribution in [3.63, 3.8) is 0 Å². The summed E-state index contributed by atoms with van der Waals surface area (Å²) in [5, 5.41) is 11.5. The number of aliphatic hydroxyl groups is 1. The van der Waals surface area contributed by atoms with E-state index in [9.17, 15) is 9.59 Å². The molecule has 0 aromatic carbocycles. The van der Waals surface area contributed by atoms with Crippen LogP contribution in [0.25, 0.3) is 0 Å². The van der Waals surface area contributed by atoms with E-state index in [4.69, 9.17) is 5.11 Å². The summed E-state index contributed by atoms with van der Waals surface area (Å²) in [6.45, 7) is 3.37. The number of carbonyl (C=O) groups excluding carboxylic acids is 2. The summed E-state index contributed by atoms with van der Waals surface area (Å²) in [7, 11) is 1.21. The third-order valence-corrected chi connectivity index (χ3v) is 3.29. The van der Waals surface area contributed by atoms with E-state index in [0.717, 1.165) is 12.8 Å². The first-order chi connectivity index (χ1) is 10.6. The second-order valence-corrected chi connectivity index (χ2v) is 5.21. The molecule has 0 aromatic rings. The number of methoxy groups -OCH3 is 1. The molecular weight excluding hydrogens is 282 g/mol. The van der Waals surface area contributed by atoms with Gasteiger partial charge in [0.15, 0.2) is 6.04 Å². The minimum atomic E-state index is -1.02. The van der Waals surface area contributed by atoms with Crippen LogP contribution in [-0.2, 0) is 14.3 Å². The average molecular weight is 311 g/mol. The van der Waals surface area contributed by atoms with Crippen molar-refractivity contribution in [3.8, 4) is 0 Å². The number of carbonyl (C=O) groups is 2. The number of rotatable bonds is 11. The lowest BCUT2D eigenvalue weighted by Crippen LogP contribution is -2.44. The molecule has 0 spiro atoms. The molecule has 22 heavy (non-hydrogen) atoms. The molecule has 0 fully saturated rings. The van der Waals surface area contributed by atoms with Gasteiger partial charge in [0.05, 0.1) is 13.7 Å². The van der Waals surface area contributed by atoms with Crippen LogP contribution < -0.4 is 5.32 Å². The Balaban J connectivity index is 4.13. The van der Waals surface area contributed by atoms with E-state index in [0.29, 0.717) is 5.57 Å². The van der Waals surface area contributed by atoms with Crippen molar-refractivity contribution in [1.29, 1.82) is 0 Å². The summed E-state index contributed by atoms with van der Waals surface area (Å²) in [5.41, 5.74) is 0.476. The van der Waals surface area contributed by atoms with Gasteiger partial charge in [-0.3, -0.25) is 4.79 Å². The molecule has 5 nitrogen and oxygen atoms in total. The Morgan fingerprint density at radius 3 is 2.50 bits per heavy atom. The zero-order valence-corrected chi connectivity index (χ0v) is 13.9. The number of amides is 1. The van der Waals surface area contributed by atoms with Gasteiger partial charge < -0.3 is 15.2 Å². The normalized spacial score (nSPS) is 13.2. The molecule has 5 heteroatoms. The van der Waals surface area contributed by atoms with Gasteiger partial charge in [0.1, 0.15) is 0 Å². The number of unbranched alkanes of at least 4 members (excludes halogenated alkanes) is 5. The topological polar surface area (TPSA) is 75.6 Å². The SMILES string of the molecule is CCCCCCC/C=C\C=C(/C)C(=O)NC(CO)C(=O)OC. The van der Waals surface area contributed by atoms with E-state index in [1.54, 1.807) is 13.0 Å². The maximum absolute atomic E-state index is 11.8. The highest BCUT2D eigenvalue weighted by Gasteiger charge is 2.20. The molecule has 0 aromatic heterocycles. The zero-order valence-electron chi connectivity index (χ0n) is 13.9. The predicted octanol–water partition coefficient (Wildman–Crippen LogP) is 2.50. The lowest BCUT2D eigenvalue weighted by molar-refractivity contribution is -0.145. The molecule has 0 radical (unpaired) electrons. The fourth-order valence-corrected chi connectivity index (χ4v) is 1.84. The second kappa shape index (κ2) is 13.1. The molecule has 0 aliphatic carbocycles. The number of allylic oxidation sites excluding steroid dienone is 3. The van der Waals surface area contributed by atoms with Gasteiger partial charge >= 0.3 is 5.97 Å². The van der Waals surface area contributed by atoms with Crippen LogP contribution in [0.15, 0.2) is 23.8 Å². The van der Waals surface area contributed by atoms with Gasteiger partial charge in [0, 0.05) is 5.57 Å². The van der Waals surface area contributed by atoms with Gasteiger partial charge in [-0.2, -0.15) is 0 Å². The lowest BCUT2D eigenvalue weighted by atomic mass is 10.1. The van der Waals surface area contributed by atoms with E-state index < -0.39 is 24.5 Å². The molecule has 0 aliphatic heterocycles. The van der Waals surface area contributed by atoms with Crippen LogP contribution in [0.3, 0.4) is 0 Å². The van der Waals surface area contributed by atoms with Crippen LogP contribution >= 0.6 is 0 Å². The molecule has 0 bridgehead atoms. The molecule has 0 rings (SSSR count). The Morgan fingerprint density at radius 2 is 1.91 bits per heavy atom. The smallest absolute Gasteiger partial charge is 0.330 e. The summed E-state index contributed by atoms with van der Waals surface area (Å²) in [5.74, 6) is -1.05. The summed E-state index contributed by atoms with van der Waals surface area (Å²) < 4.78 is 4.49. The predicted molar refractivity (Wildman–Crippen MR) is 87.3 cm³/mol. The van der Waals surface area contributed by atoms with E-state index in [2.05, 4.69) is 17.0 Å². The number of esters is 1. The first kappa shape index (κ1) is 20.4. The zero-order chi connectivity index (χ0) is 16.8. The highest BCUT2D eigenvalue weighted by Crippen LogP contribution is 2.05. The Labute approximate surface area is 133 Å². The van der Waals surface area contributed by atoms with Crippen molar-refractivity contribution >= 4 is 11.9 Å². The van der Waals surface area contributed by atoms with Crippen molar-refractivity contribution in [2.45, 2.75) is 58.4 Å². The minimum absolute atomic E-state index is 0.392. The van der Waals surface area contributed by atoms with E-state index in [-0.39, 0.29) is 0 Å². The highest BCUT2D eigenvalue weighted by molar-refractivity contribution is 5.95. The minimum Gasteiger partial charge on any atom is -0.467 e. The number of hydrogen-bond acceptors (Lipinski definition) is 4. The first-order valence-corrected chi connectivity index (χ1v) is 7.89. The van der Waals surface area contributed by atoms with Gasteiger partial charge in [0.25, 0.3) is 0 Å². The molecule has 126 valence electrons. The van der Waals surface area contributed by atoms with E-state index in [1.165, 1.54) is 32.8 Å². The van der Waals surface area contributed by atoms with Gasteiger partial charge in [-0.05, 0) is 19.8 Å². The highest BCUT2D eigenvalue weighted by atomic mass is 16.5. The lowest BCUT2D eigenvalue weighted by Gasteiger charge is -2.13. The van der Waals surface area contributed by atoms with Crippen LogP contribution in [-0.4, -0.2) is 36.7 Å². The average Bonchev–Trinajstić information content (AvgIpc) is 2.53. The van der Waals surface area contributed by atoms with Crippen molar-refractivity contribution in [3.05, 3.63) is 23.8 Å². The third kappa shape index (κ3) is 9.34. The maximum atomic E-state index is 11.8. The Kier molecular flexibility index (Phi) is 12.1. The molecule has 1 atom stereocenters. The van der Waals surface area contributed by atoms with Gasteiger partial charge in [-0.25, -0.2) is 4.79 Å². The molecule has 0 heterocycles. The first-order valence-electron chi connectivity index (χ1n) is 7.89. The van der Waals surface area contributed by atoms with Crippen molar-refractivity contribution in [2.24, 2.45) is 0 Å². The van der Waals surface area contributed by atoms with E-state index in [1.807, 2.05) is 12.2 Å².